The molecule has 1 aliphatic heterocycles. The Labute approximate surface area is 79.1 Å². The van der Waals surface area contributed by atoms with Gasteiger partial charge in [0.25, 0.3) is 0 Å². The molecule has 1 heterocycles. The van der Waals surface area contributed by atoms with E-state index in [2.05, 4.69) is 0 Å². The van der Waals surface area contributed by atoms with Gasteiger partial charge in [-0.05, 0) is 26.7 Å². The zero-order valence-electron chi connectivity index (χ0n) is 8.19. The summed E-state index contributed by atoms with van der Waals surface area (Å²) in [6, 6.07) is 0. The van der Waals surface area contributed by atoms with Crippen molar-refractivity contribution in [1.82, 2.24) is 0 Å². The third kappa shape index (κ3) is 2.78. The molecule has 0 aliphatic carbocycles. The first-order chi connectivity index (χ1) is 6.23. The number of hydrogen-bond donors (Lipinski definition) is 0. The van der Waals surface area contributed by atoms with Gasteiger partial charge in [0, 0.05) is 6.61 Å². The summed E-state index contributed by atoms with van der Waals surface area (Å²) in [5.41, 5.74) is 0. The highest BCUT2D eigenvalue weighted by atomic mass is 31.2. The standard InChI is InChI=1S/C8H17O4P/c1-3-11-13(9,12-4-2)8-6-5-7-10-8/h8H,3-7H2,1-2H3. The SMILES string of the molecule is CCOP(=O)(OCC)C1CCCO1. The maximum absolute atomic E-state index is 12.0. The van der Waals surface area contributed by atoms with Crippen LogP contribution in [0.3, 0.4) is 0 Å². The van der Waals surface area contributed by atoms with E-state index in [1.54, 1.807) is 13.8 Å². The van der Waals surface area contributed by atoms with E-state index >= 15 is 0 Å². The van der Waals surface area contributed by atoms with Crippen molar-refractivity contribution >= 4 is 7.60 Å². The zero-order valence-corrected chi connectivity index (χ0v) is 9.09. The first-order valence-electron chi connectivity index (χ1n) is 4.73. The van der Waals surface area contributed by atoms with Crippen molar-refractivity contribution < 1.29 is 18.3 Å². The molecule has 13 heavy (non-hydrogen) atoms. The molecule has 0 bridgehead atoms. The third-order valence-corrected chi connectivity index (χ3v) is 4.23. The van der Waals surface area contributed by atoms with Crippen LogP contribution in [0.4, 0.5) is 0 Å². The Hall–Kier alpha value is 0.110. The lowest BCUT2D eigenvalue weighted by molar-refractivity contribution is 0.114. The van der Waals surface area contributed by atoms with Crippen molar-refractivity contribution in [2.75, 3.05) is 19.8 Å². The van der Waals surface area contributed by atoms with Crippen molar-refractivity contribution in [2.24, 2.45) is 0 Å². The van der Waals surface area contributed by atoms with Crippen LogP contribution >= 0.6 is 7.60 Å². The summed E-state index contributed by atoms with van der Waals surface area (Å²) < 4.78 is 27.7. The van der Waals surface area contributed by atoms with Gasteiger partial charge in [0.1, 0.15) is 0 Å². The second-order valence-corrected chi connectivity index (χ2v) is 5.02. The predicted octanol–water partition coefficient (Wildman–Crippen LogP) is 2.39. The van der Waals surface area contributed by atoms with E-state index in [1.807, 2.05) is 0 Å². The molecule has 4 nitrogen and oxygen atoms in total. The molecule has 78 valence electrons. The van der Waals surface area contributed by atoms with Gasteiger partial charge in [-0.2, -0.15) is 0 Å². The van der Waals surface area contributed by atoms with Crippen LogP contribution < -0.4 is 0 Å². The molecular formula is C8H17O4P. The van der Waals surface area contributed by atoms with Gasteiger partial charge < -0.3 is 13.8 Å². The van der Waals surface area contributed by atoms with Crippen molar-refractivity contribution in [1.29, 1.82) is 0 Å². The van der Waals surface area contributed by atoms with Gasteiger partial charge in [0.2, 0.25) is 0 Å². The molecule has 1 saturated heterocycles. The van der Waals surface area contributed by atoms with E-state index in [4.69, 9.17) is 13.8 Å². The molecule has 0 spiro atoms. The molecule has 0 aromatic carbocycles. The van der Waals surface area contributed by atoms with E-state index in [0.29, 0.717) is 19.8 Å². The Morgan fingerprint density at radius 2 is 2.00 bits per heavy atom. The predicted molar refractivity (Wildman–Crippen MR) is 49.8 cm³/mol. The topological polar surface area (TPSA) is 44.8 Å². The van der Waals surface area contributed by atoms with Gasteiger partial charge in [0.15, 0.2) is 5.85 Å². The molecule has 1 aliphatic rings. The normalized spacial score (nSPS) is 23.7. The van der Waals surface area contributed by atoms with Crippen LogP contribution in [0, 0.1) is 0 Å². The summed E-state index contributed by atoms with van der Waals surface area (Å²) in [6.07, 6.45) is 1.71. The average Bonchev–Trinajstić information content (AvgIpc) is 2.57. The highest BCUT2D eigenvalue weighted by Crippen LogP contribution is 2.56. The fourth-order valence-corrected chi connectivity index (χ4v) is 3.29. The minimum absolute atomic E-state index is 0.340. The monoisotopic (exact) mass is 208 g/mol. The summed E-state index contributed by atoms with van der Waals surface area (Å²) in [5, 5.41) is 0. The lowest BCUT2D eigenvalue weighted by Gasteiger charge is -2.21. The number of rotatable bonds is 5. The Kier molecular flexibility index (Phi) is 4.39. The maximum Gasteiger partial charge on any atom is 0.359 e. The Balaban J connectivity index is 2.58. The van der Waals surface area contributed by atoms with Crippen molar-refractivity contribution in [3.8, 4) is 0 Å². The van der Waals surface area contributed by atoms with Gasteiger partial charge in [-0.3, -0.25) is 4.57 Å². The van der Waals surface area contributed by atoms with Gasteiger partial charge in [-0.25, -0.2) is 0 Å². The molecule has 0 saturated carbocycles. The molecule has 0 amide bonds. The van der Waals surface area contributed by atoms with Gasteiger partial charge in [0.05, 0.1) is 13.2 Å². The highest BCUT2D eigenvalue weighted by molar-refractivity contribution is 7.54. The maximum atomic E-state index is 12.0. The largest absolute Gasteiger partial charge is 0.366 e. The summed E-state index contributed by atoms with van der Waals surface area (Å²) in [5.74, 6) is -0.340. The van der Waals surface area contributed by atoms with Crippen LogP contribution in [0.25, 0.3) is 0 Å². The lowest BCUT2D eigenvalue weighted by Crippen LogP contribution is -2.11. The Bertz CT molecular complexity index is 179. The van der Waals surface area contributed by atoms with Crippen LogP contribution in [-0.4, -0.2) is 25.7 Å². The van der Waals surface area contributed by atoms with E-state index in [-0.39, 0.29) is 5.85 Å². The second-order valence-electron chi connectivity index (χ2n) is 2.84. The molecule has 1 rings (SSSR count). The molecule has 0 aromatic rings. The van der Waals surface area contributed by atoms with E-state index in [9.17, 15) is 4.57 Å². The van der Waals surface area contributed by atoms with E-state index in [1.165, 1.54) is 0 Å². The van der Waals surface area contributed by atoms with Gasteiger partial charge >= 0.3 is 7.60 Å². The zero-order chi connectivity index (χ0) is 9.73. The summed E-state index contributed by atoms with van der Waals surface area (Å²) in [6.45, 7) is 5.07. The lowest BCUT2D eigenvalue weighted by atomic mass is 10.4. The van der Waals surface area contributed by atoms with Crippen LogP contribution in [0.1, 0.15) is 26.7 Å². The fourth-order valence-electron chi connectivity index (χ4n) is 1.37. The minimum Gasteiger partial charge on any atom is -0.366 e. The van der Waals surface area contributed by atoms with Crippen LogP contribution in [0.15, 0.2) is 0 Å². The summed E-state index contributed by atoms with van der Waals surface area (Å²) in [4.78, 5) is 0. The molecule has 1 unspecified atom stereocenters. The smallest absolute Gasteiger partial charge is 0.359 e. The molecule has 0 radical (unpaired) electrons. The van der Waals surface area contributed by atoms with Gasteiger partial charge in [-0.15, -0.1) is 0 Å². The molecular weight excluding hydrogens is 191 g/mol. The fraction of sp³-hybridized carbons (Fsp3) is 1.00. The van der Waals surface area contributed by atoms with Crippen molar-refractivity contribution in [3.63, 3.8) is 0 Å². The van der Waals surface area contributed by atoms with Crippen molar-refractivity contribution in [3.05, 3.63) is 0 Å². The number of hydrogen-bond acceptors (Lipinski definition) is 4. The minimum atomic E-state index is -2.99. The molecule has 5 heteroatoms. The van der Waals surface area contributed by atoms with Crippen LogP contribution in [-0.2, 0) is 18.3 Å². The molecule has 1 atom stereocenters. The van der Waals surface area contributed by atoms with Gasteiger partial charge in [-0.1, -0.05) is 0 Å². The van der Waals surface area contributed by atoms with Crippen molar-refractivity contribution in [2.45, 2.75) is 32.5 Å². The Morgan fingerprint density at radius 3 is 2.38 bits per heavy atom. The van der Waals surface area contributed by atoms with E-state index in [0.717, 1.165) is 12.8 Å². The summed E-state index contributed by atoms with van der Waals surface area (Å²) in [7, 11) is -2.99. The molecule has 0 N–H and O–H groups in total. The Morgan fingerprint density at radius 1 is 1.38 bits per heavy atom. The third-order valence-electron chi connectivity index (χ3n) is 1.88. The second kappa shape index (κ2) is 5.11. The van der Waals surface area contributed by atoms with E-state index < -0.39 is 7.60 Å². The molecule has 1 fully saturated rings. The first-order valence-corrected chi connectivity index (χ1v) is 6.34. The molecule has 0 aromatic heterocycles. The first kappa shape index (κ1) is 11.2. The van der Waals surface area contributed by atoms with Crippen LogP contribution in [0.2, 0.25) is 0 Å². The summed E-state index contributed by atoms with van der Waals surface area (Å²) >= 11 is 0. The average molecular weight is 208 g/mol. The number of ether oxygens (including phenoxy) is 1. The quantitative estimate of drug-likeness (QED) is 0.651. The van der Waals surface area contributed by atoms with Crippen LogP contribution in [0.5, 0.6) is 0 Å². The highest BCUT2D eigenvalue weighted by Gasteiger charge is 2.38.